The first kappa shape index (κ1) is 43.4. The van der Waals surface area contributed by atoms with Crippen molar-refractivity contribution in [1.29, 1.82) is 0 Å². The van der Waals surface area contributed by atoms with E-state index in [9.17, 15) is 24.0 Å². The molecule has 0 aromatic heterocycles. The highest BCUT2D eigenvalue weighted by atomic mass is 127. The monoisotopic (exact) mass is 1010 g/mol. The second kappa shape index (κ2) is 23.7. The van der Waals surface area contributed by atoms with Crippen LogP contribution in [0.15, 0.2) is 109 Å². The van der Waals surface area contributed by atoms with Gasteiger partial charge < -0.3 is 23.7 Å². The maximum atomic E-state index is 11.7. The molecule has 0 saturated heterocycles. The highest BCUT2D eigenvalue weighted by Crippen LogP contribution is 2.15. The highest BCUT2D eigenvalue weighted by molar-refractivity contribution is 14.1. The van der Waals surface area contributed by atoms with Crippen LogP contribution in [0.2, 0.25) is 0 Å². The number of ether oxygens (including phenoxy) is 5. The van der Waals surface area contributed by atoms with Crippen molar-refractivity contribution in [2.75, 3.05) is 26.4 Å². The lowest BCUT2D eigenvalue weighted by atomic mass is 10.2. The topological polar surface area (TPSA) is 132 Å². The van der Waals surface area contributed by atoms with Crippen LogP contribution in [-0.2, 0) is 33.3 Å². The van der Waals surface area contributed by atoms with Crippen LogP contribution in [0.25, 0.3) is 0 Å². The lowest BCUT2D eigenvalue weighted by Crippen LogP contribution is -2.14. The van der Waals surface area contributed by atoms with Gasteiger partial charge in [-0.3, -0.25) is 0 Å². The van der Waals surface area contributed by atoms with Gasteiger partial charge in [0, 0.05) is 27.4 Å². The van der Waals surface area contributed by atoms with Crippen LogP contribution in [0.1, 0.15) is 41.5 Å². The minimum absolute atomic E-state index is 0.0286. The highest BCUT2D eigenvalue weighted by Gasteiger charge is 2.11. The van der Waals surface area contributed by atoms with E-state index in [2.05, 4.69) is 87.5 Å². The number of benzene rings is 3. The minimum atomic E-state index is -0.486. The van der Waals surface area contributed by atoms with Crippen molar-refractivity contribution in [3.8, 4) is 5.75 Å². The van der Waals surface area contributed by atoms with Gasteiger partial charge in [-0.05, 0) is 149 Å². The summed E-state index contributed by atoms with van der Waals surface area (Å²) in [6, 6.07) is 21.4. The Hall–Kier alpha value is -3.58. The molecule has 3 aromatic rings. The third kappa shape index (κ3) is 18.7. The SMILES string of the molecule is C=C(C)C(=O)OCCOC(=O)c1ccc(I)cc1.C=C(C)C(=O)OCCOC(=O)c1ccccc1I.C=C(C)C(=O)Oc1ccc(I)cc1. The molecule has 0 spiro atoms. The molecule has 49 heavy (non-hydrogen) atoms. The van der Waals surface area contributed by atoms with Crippen LogP contribution in [0.3, 0.4) is 0 Å². The summed E-state index contributed by atoms with van der Waals surface area (Å²) in [5.74, 6) is -1.67. The van der Waals surface area contributed by atoms with Gasteiger partial charge in [0.25, 0.3) is 0 Å². The summed E-state index contributed by atoms with van der Waals surface area (Å²) >= 11 is 6.39. The van der Waals surface area contributed by atoms with Crippen molar-refractivity contribution in [1.82, 2.24) is 0 Å². The smallest absolute Gasteiger partial charge is 0.339 e. The van der Waals surface area contributed by atoms with Crippen LogP contribution in [0, 0.1) is 10.7 Å². The van der Waals surface area contributed by atoms with E-state index in [0.29, 0.717) is 33.6 Å². The summed E-state index contributed by atoms with van der Waals surface area (Å²) in [5, 5.41) is 0. The van der Waals surface area contributed by atoms with Gasteiger partial charge in [0.05, 0.1) is 11.1 Å². The fraction of sp³-hybridized carbons (Fsp3) is 0.194. The largest absolute Gasteiger partial charge is 0.459 e. The van der Waals surface area contributed by atoms with E-state index >= 15 is 0 Å². The predicted octanol–water partition coefficient (Wildman–Crippen LogP) is 7.91. The number of carbonyl (C=O) groups excluding carboxylic acids is 5. The summed E-state index contributed by atoms with van der Waals surface area (Å²) in [6.45, 7) is 15.2. The predicted molar refractivity (Wildman–Crippen MR) is 210 cm³/mol. The standard InChI is InChI=1S/2C13H13IO4.C10H9IO2/c1-9(2)12(15)17-7-8-18-13(16)10-3-5-11(14)6-4-10;1-9(2)12(15)17-7-8-18-13(16)10-5-3-4-6-11(10)14;1-7(2)10(12)13-9-5-3-8(11)4-6-9/h2*3-6H,1,7-8H2,2H3;3-6H,1H2,2H3. The van der Waals surface area contributed by atoms with Gasteiger partial charge >= 0.3 is 29.8 Å². The average Bonchev–Trinajstić information content (AvgIpc) is 3.06. The number of carbonyl (C=O) groups is 5. The third-order valence-corrected chi connectivity index (χ3v) is 7.72. The lowest BCUT2D eigenvalue weighted by Gasteiger charge is -2.07. The molecule has 0 saturated carbocycles. The van der Waals surface area contributed by atoms with Crippen molar-refractivity contribution in [2.24, 2.45) is 0 Å². The molecule has 0 fully saturated rings. The number of rotatable bonds is 12. The molecular formula is C36H35I3O10. The first-order valence-corrected chi connectivity index (χ1v) is 17.5. The Bertz CT molecular complexity index is 1630. The normalized spacial score (nSPS) is 9.59. The number of esters is 5. The molecular weight excluding hydrogens is 973 g/mol. The van der Waals surface area contributed by atoms with Gasteiger partial charge in [-0.2, -0.15) is 0 Å². The second-order valence-electron chi connectivity index (χ2n) is 9.71. The van der Waals surface area contributed by atoms with Crippen LogP contribution < -0.4 is 4.74 Å². The Labute approximate surface area is 326 Å². The van der Waals surface area contributed by atoms with Crippen molar-refractivity contribution < 1.29 is 47.7 Å². The fourth-order valence-electron chi connectivity index (χ4n) is 2.85. The van der Waals surface area contributed by atoms with Crippen LogP contribution in [0.5, 0.6) is 5.75 Å². The summed E-state index contributed by atoms with van der Waals surface area (Å²) in [7, 11) is 0. The first-order chi connectivity index (χ1) is 23.1. The van der Waals surface area contributed by atoms with E-state index in [1.807, 2.05) is 36.4 Å². The molecule has 0 aliphatic heterocycles. The van der Waals surface area contributed by atoms with Gasteiger partial charge in [0.1, 0.15) is 32.2 Å². The molecule has 0 N–H and O–H groups in total. The zero-order chi connectivity index (χ0) is 36.9. The molecule has 0 aliphatic carbocycles. The maximum absolute atomic E-state index is 11.7. The van der Waals surface area contributed by atoms with E-state index < -0.39 is 23.9 Å². The van der Waals surface area contributed by atoms with Crippen molar-refractivity contribution in [2.45, 2.75) is 20.8 Å². The van der Waals surface area contributed by atoms with Crippen molar-refractivity contribution in [3.63, 3.8) is 0 Å². The Morgan fingerprint density at radius 3 is 1.39 bits per heavy atom. The summed E-state index contributed by atoms with van der Waals surface area (Å²) in [5.41, 5.74) is 2.02. The fourth-order valence-corrected chi connectivity index (χ4v) is 4.18. The van der Waals surface area contributed by atoms with Crippen molar-refractivity contribution >= 4 is 97.6 Å². The zero-order valence-corrected chi connectivity index (χ0v) is 33.6. The summed E-state index contributed by atoms with van der Waals surface area (Å²) in [6.07, 6.45) is 0. The Morgan fingerprint density at radius 1 is 0.531 bits per heavy atom. The van der Waals surface area contributed by atoms with E-state index in [4.69, 9.17) is 23.7 Å². The van der Waals surface area contributed by atoms with Crippen LogP contribution in [-0.4, -0.2) is 56.3 Å². The number of hydrogen-bond acceptors (Lipinski definition) is 10. The first-order valence-electron chi connectivity index (χ1n) is 14.2. The minimum Gasteiger partial charge on any atom is -0.459 e. The molecule has 10 nitrogen and oxygen atoms in total. The zero-order valence-electron chi connectivity index (χ0n) is 27.1. The average molecular weight is 1010 g/mol. The molecule has 0 atom stereocenters. The van der Waals surface area contributed by atoms with Gasteiger partial charge in [0.2, 0.25) is 0 Å². The summed E-state index contributed by atoms with van der Waals surface area (Å²) < 4.78 is 27.5. The molecule has 0 unspecified atom stereocenters. The quantitative estimate of drug-likeness (QED) is 0.0441. The second-order valence-corrected chi connectivity index (χ2v) is 13.4. The van der Waals surface area contributed by atoms with E-state index in [1.54, 1.807) is 57.2 Å². The summed E-state index contributed by atoms with van der Waals surface area (Å²) in [4.78, 5) is 56.4. The van der Waals surface area contributed by atoms with Crippen molar-refractivity contribution in [3.05, 3.63) is 131 Å². The van der Waals surface area contributed by atoms with Crippen LogP contribution in [0.4, 0.5) is 0 Å². The molecule has 3 rings (SSSR count). The molecule has 3 aromatic carbocycles. The van der Waals surface area contributed by atoms with E-state index in [0.717, 1.165) is 10.7 Å². The molecule has 0 heterocycles. The molecule has 0 aliphatic rings. The number of hydrogen-bond donors (Lipinski definition) is 0. The number of halogens is 3. The molecule has 0 amide bonds. The van der Waals surface area contributed by atoms with Gasteiger partial charge in [0.15, 0.2) is 0 Å². The van der Waals surface area contributed by atoms with Crippen LogP contribution >= 0.6 is 67.8 Å². The van der Waals surface area contributed by atoms with E-state index in [1.165, 1.54) is 0 Å². The molecule has 0 radical (unpaired) electrons. The van der Waals surface area contributed by atoms with Gasteiger partial charge in [-0.15, -0.1) is 0 Å². The maximum Gasteiger partial charge on any atom is 0.339 e. The Balaban J connectivity index is 0.000000373. The van der Waals surface area contributed by atoms with Gasteiger partial charge in [-0.25, -0.2) is 24.0 Å². The Kier molecular flexibility index (Phi) is 21.0. The van der Waals surface area contributed by atoms with Gasteiger partial charge in [-0.1, -0.05) is 31.9 Å². The van der Waals surface area contributed by atoms with E-state index in [-0.39, 0.29) is 32.4 Å². The Morgan fingerprint density at radius 2 is 0.939 bits per heavy atom. The lowest BCUT2D eigenvalue weighted by molar-refractivity contribution is -0.140. The third-order valence-electron chi connectivity index (χ3n) is 5.34. The molecule has 260 valence electrons. The molecule has 13 heteroatoms. The molecule has 0 bridgehead atoms.